The first-order chi connectivity index (χ1) is 25.2. The molecule has 0 aliphatic carbocycles. The molecule has 0 rings (SSSR count). The lowest BCUT2D eigenvalue weighted by atomic mass is 10.1. The molecule has 6 N–H and O–H groups in total. The molecule has 0 heterocycles. The van der Waals surface area contributed by atoms with Crippen LogP contribution in [0, 0.1) is 0 Å². The van der Waals surface area contributed by atoms with Gasteiger partial charge in [0.1, 0.15) is 18.8 Å². The van der Waals surface area contributed by atoms with E-state index in [1.54, 1.807) is 0 Å². The number of esters is 2. The Labute approximate surface area is 317 Å². The van der Waals surface area contributed by atoms with Gasteiger partial charge in [-0.3, -0.25) is 9.59 Å². The number of aliphatic hydroxyl groups excluding tert-OH is 6. The van der Waals surface area contributed by atoms with Crippen molar-refractivity contribution in [2.24, 2.45) is 0 Å². The molecule has 0 aliphatic heterocycles. The minimum absolute atomic E-state index is 0.130. The highest BCUT2D eigenvalue weighted by atomic mass is 16.6. The van der Waals surface area contributed by atoms with Gasteiger partial charge in [-0.1, -0.05) is 128 Å². The number of rotatable bonds is 36. The fourth-order valence-corrected chi connectivity index (χ4v) is 5.41. The highest BCUT2D eigenvalue weighted by Gasteiger charge is 2.12. The maximum Gasteiger partial charge on any atom is 0.306 e. The van der Waals surface area contributed by atoms with Crippen LogP contribution in [0.5, 0.6) is 0 Å². The number of hydrogen-bond acceptors (Lipinski definition) is 10. The Kier molecular flexibility index (Phi) is 42.2. The maximum atomic E-state index is 11.5. The van der Waals surface area contributed by atoms with Crippen molar-refractivity contribution >= 4 is 11.9 Å². The smallest absolute Gasteiger partial charge is 0.306 e. The van der Waals surface area contributed by atoms with Gasteiger partial charge in [0.15, 0.2) is 0 Å². The van der Waals surface area contributed by atoms with Crippen LogP contribution in [-0.2, 0) is 19.1 Å². The minimum Gasteiger partial charge on any atom is -0.463 e. The van der Waals surface area contributed by atoms with Gasteiger partial charge < -0.3 is 40.1 Å². The zero-order valence-corrected chi connectivity index (χ0v) is 33.1. The lowest BCUT2D eigenvalue weighted by molar-refractivity contribution is -0.153. The van der Waals surface area contributed by atoms with Crippen LogP contribution < -0.4 is 0 Å². The minimum atomic E-state index is -0.978. The van der Waals surface area contributed by atoms with Crippen LogP contribution in [-0.4, -0.2) is 93.4 Å². The Bertz CT molecular complexity index is 815. The number of hydrogen-bond donors (Lipinski definition) is 6. The van der Waals surface area contributed by atoms with Gasteiger partial charge in [0, 0.05) is 12.8 Å². The fourth-order valence-electron chi connectivity index (χ4n) is 5.41. The molecule has 0 aromatic carbocycles. The molecule has 0 aromatic rings. The van der Waals surface area contributed by atoms with Crippen molar-refractivity contribution in [1.29, 1.82) is 0 Å². The van der Waals surface area contributed by atoms with Gasteiger partial charge in [-0.05, 0) is 64.2 Å². The lowest BCUT2D eigenvalue weighted by Gasteiger charge is -2.12. The first-order valence-corrected chi connectivity index (χ1v) is 20.8. The molecule has 0 aliphatic rings. The number of unbranched alkanes of at least 4 members (excludes halogenated alkanes) is 16. The second kappa shape index (κ2) is 41.9. The third-order valence-electron chi connectivity index (χ3n) is 8.79. The van der Waals surface area contributed by atoms with Gasteiger partial charge in [-0.2, -0.15) is 0 Å². The highest BCUT2D eigenvalue weighted by Crippen LogP contribution is 2.13. The Hall–Kier alpha value is -1.82. The molecular formula is C42H80O10. The van der Waals surface area contributed by atoms with Gasteiger partial charge in [0.2, 0.25) is 0 Å². The van der Waals surface area contributed by atoms with E-state index in [-0.39, 0.29) is 50.6 Å². The molecule has 0 fully saturated rings. The average Bonchev–Trinajstić information content (AvgIpc) is 3.14. The Morgan fingerprint density at radius 2 is 0.923 bits per heavy atom. The third kappa shape index (κ3) is 40.9. The molecule has 10 nitrogen and oxygen atoms in total. The predicted octanol–water partition coefficient (Wildman–Crippen LogP) is 7.78. The summed E-state index contributed by atoms with van der Waals surface area (Å²) >= 11 is 0. The van der Waals surface area contributed by atoms with E-state index in [0.717, 1.165) is 116 Å². The van der Waals surface area contributed by atoms with Gasteiger partial charge in [-0.25, -0.2) is 0 Å². The lowest BCUT2D eigenvalue weighted by Crippen LogP contribution is -2.25. The number of carbonyl (C=O) groups excluding carboxylic acids is 2. The van der Waals surface area contributed by atoms with Crippen LogP contribution in [0.25, 0.3) is 0 Å². The van der Waals surface area contributed by atoms with Gasteiger partial charge in [-0.15, -0.1) is 0 Å². The Balaban J connectivity index is 0. The zero-order valence-electron chi connectivity index (χ0n) is 33.1. The summed E-state index contributed by atoms with van der Waals surface area (Å²) in [5.41, 5.74) is 0. The topological polar surface area (TPSA) is 174 Å². The van der Waals surface area contributed by atoms with E-state index < -0.39 is 12.2 Å². The van der Waals surface area contributed by atoms with Crippen LogP contribution in [0.15, 0.2) is 24.3 Å². The Morgan fingerprint density at radius 1 is 0.500 bits per heavy atom. The standard InChI is InChI=1S/2C21H40O5/c1-2-3-4-11-14-19(23)15-12-9-7-5-6-8-10-13-16-21(25)26-18-20(24)17-22;1-2-3-4-11-14-19(24)15-12-9-7-5-6-8-10-13-16-21(25)26-20(17-22)18-23/h2*9,12,19-20,22-24H,2-8,10-11,13-18H2,1H3/b2*12-9-/t19-,20?;19-/m11/s1. The molecular weight excluding hydrogens is 664 g/mol. The van der Waals surface area contributed by atoms with Crippen LogP contribution in [0.1, 0.15) is 181 Å². The second-order valence-electron chi connectivity index (χ2n) is 14.0. The molecule has 3 atom stereocenters. The van der Waals surface area contributed by atoms with Crippen molar-refractivity contribution in [3.05, 3.63) is 24.3 Å². The normalized spacial score (nSPS) is 13.3. The van der Waals surface area contributed by atoms with Crippen molar-refractivity contribution in [2.45, 2.75) is 205 Å². The molecule has 52 heavy (non-hydrogen) atoms. The van der Waals surface area contributed by atoms with E-state index in [0.29, 0.717) is 12.8 Å². The molecule has 308 valence electrons. The zero-order chi connectivity index (χ0) is 38.9. The molecule has 10 heteroatoms. The SMILES string of the molecule is CCCCCC[C@@H](O)C/C=C\CCCCCCCC(=O)OC(CO)CO.CCCCCC[C@@H](O)C/C=C\CCCCCCCC(=O)OCC(O)CO. The second-order valence-corrected chi connectivity index (χ2v) is 14.0. The maximum absolute atomic E-state index is 11.5. The first-order valence-electron chi connectivity index (χ1n) is 20.8. The Morgan fingerprint density at radius 3 is 1.37 bits per heavy atom. The monoisotopic (exact) mass is 745 g/mol. The molecule has 0 spiro atoms. The van der Waals surface area contributed by atoms with Gasteiger partial charge in [0.25, 0.3) is 0 Å². The van der Waals surface area contributed by atoms with Crippen molar-refractivity contribution in [1.82, 2.24) is 0 Å². The predicted molar refractivity (Wildman–Crippen MR) is 210 cm³/mol. The summed E-state index contributed by atoms with van der Waals surface area (Å²) < 4.78 is 9.75. The summed E-state index contributed by atoms with van der Waals surface area (Å²) in [6, 6.07) is 0. The van der Waals surface area contributed by atoms with Crippen LogP contribution in [0.3, 0.4) is 0 Å². The van der Waals surface area contributed by atoms with Crippen LogP contribution in [0.4, 0.5) is 0 Å². The fraction of sp³-hybridized carbons (Fsp3) is 0.857. The molecule has 0 saturated heterocycles. The van der Waals surface area contributed by atoms with E-state index in [4.69, 9.17) is 29.9 Å². The van der Waals surface area contributed by atoms with Crippen molar-refractivity contribution in [3.63, 3.8) is 0 Å². The van der Waals surface area contributed by atoms with E-state index in [1.165, 1.54) is 38.5 Å². The third-order valence-corrected chi connectivity index (χ3v) is 8.79. The number of aliphatic hydroxyl groups is 6. The van der Waals surface area contributed by atoms with E-state index in [9.17, 15) is 19.8 Å². The van der Waals surface area contributed by atoms with Crippen molar-refractivity contribution in [3.8, 4) is 0 Å². The number of carbonyl (C=O) groups is 2. The first kappa shape index (κ1) is 52.3. The van der Waals surface area contributed by atoms with E-state index >= 15 is 0 Å². The largest absolute Gasteiger partial charge is 0.463 e. The molecule has 0 saturated carbocycles. The molecule has 0 bridgehead atoms. The summed E-state index contributed by atoms with van der Waals surface area (Å²) in [4.78, 5) is 22.8. The molecule has 0 radical (unpaired) electrons. The molecule has 0 amide bonds. The van der Waals surface area contributed by atoms with Crippen LogP contribution in [0.2, 0.25) is 0 Å². The number of allylic oxidation sites excluding steroid dienone is 2. The van der Waals surface area contributed by atoms with E-state index in [2.05, 4.69) is 38.2 Å². The summed E-state index contributed by atoms with van der Waals surface area (Å²) in [6.07, 6.45) is 32.5. The molecule has 0 aromatic heterocycles. The quantitative estimate of drug-likeness (QED) is 0.0211. The van der Waals surface area contributed by atoms with Crippen molar-refractivity contribution < 1.29 is 49.7 Å². The highest BCUT2D eigenvalue weighted by molar-refractivity contribution is 5.69. The average molecular weight is 745 g/mol. The van der Waals surface area contributed by atoms with E-state index in [1.807, 2.05) is 0 Å². The van der Waals surface area contributed by atoms with Gasteiger partial charge >= 0.3 is 11.9 Å². The van der Waals surface area contributed by atoms with Gasteiger partial charge in [0.05, 0.1) is 32.0 Å². The number of ether oxygens (including phenoxy) is 2. The summed E-state index contributed by atoms with van der Waals surface area (Å²) in [5.74, 6) is -0.664. The van der Waals surface area contributed by atoms with Crippen LogP contribution >= 0.6 is 0 Å². The summed E-state index contributed by atoms with van der Waals surface area (Å²) in [6.45, 7) is 3.19. The van der Waals surface area contributed by atoms with Crippen molar-refractivity contribution in [2.75, 3.05) is 26.4 Å². The summed E-state index contributed by atoms with van der Waals surface area (Å²) in [5, 5.41) is 55.1. The molecule has 1 unspecified atom stereocenters. The summed E-state index contributed by atoms with van der Waals surface area (Å²) in [7, 11) is 0.